The lowest BCUT2D eigenvalue weighted by Crippen LogP contribution is -2.32. The minimum atomic E-state index is -0.701. The predicted molar refractivity (Wildman–Crippen MR) is 61.3 cm³/mol. The SMILES string of the molecule is CC(CC1CCC2(CCCCC2)O1)C(=O)O. The molecule has 2 atom stereocenters. The summed E-state index contributed by atoms with van der Waals surface area (Å²) >= 11 is 0. The van der Waals surface area contributed by atoms with E-state index in [1.54, 1.807) is 6.92 Å². The van der Waals surface area contributed by atoms with Crippen LogP contribution in [-0.2, 0) is 9.53 Å². The zero-order chi connectivity index (χ0) is 11.6. The Kier molecular flexibility index (Phi) is 3.53. The molecule has 2 fully saturated rings. The van der Waals surface area contributed by atoms with E-state index in [1.165, 1.54) is 32.1 Å². The van der Waals surface area contributed by atoms with Gasteiger partial charge in [0.2, 0.25) is 0 Å². The molecule has 1 N–H and O–H groups in total. The fourth-order valence-electron chi connectivity index (χ4n) is 3.12. The average molecular weight is 226 g/mol. The molecule has 1 aliphatic carbocycles. The van der Waals surface area contributed by atoms with E-state index in [0.717, 1.165) is 12.8 Å². The minimum Gasteiger partial charge on any atom is -0.481 e. The quantitative estimate of drug-likeness (QED) is 0.804. The largest absolute Gasteiger partial charge is 0.481 e. The lowest BCUT2D eigenvalue weighted by molar-refractivity contribution is -0.143. The first kappa shape index (κ1) is 11.9. The van der Waals surface area contributed by atoms with Gasteiger partial charge in [-0.05, 0) is 32.1 Å². The monoisotopic (exact) mass is 226 g/mol. The third kappa shape index (κ3) is 2.57. The van der Waals surface area contributed by atoms with Gasteiger partial charge in [0.1, 0.15) is 0 Å². The Morgan fingerprint density at radius 2 is 2.06 bits per heavy atom. The number of ether oxygens (including phenoxy) is 1. The fraction of sp³-hybridized carbons (Fsp3) is 0.923. The maximum atomic E-state index is 10.8. The van der Waals surface area contributed by atoms with Crippen LogP contribution in [0.4, 0.5) is 0 Å². The topological polar surface area (TPSA) is 46.5 Å². The van der Waals surface area contributed by atoms with Gasteiger partial charge in [-0.2, -0.15) is 0 Å². The average Bonchev–Trinajstić information content (AvgIpc) is 2.62. The highest BCUT2D eigenvalue weighted by Gasteiger charge is 2.41. The molecule has 0 amide bonds. The standard InChI is InChI=1S/C13H22O3/c1-10(12(14)15)9-11-5-8-13(16-11)6-3-2-4-7-13/h10-11H,2-9H2,1H3,(H,14,15). The van der Waals surface area contributed by atoms with Crippen molar-refractivity contribution in [2.24, 2.45) is 5.92 Å². The molecule has 1 saturated carbocycles. The van der Waals surface area contributed by atoms with Crippen LogP contribution in [0.3, 0.4) is 0 Å². The summed E-state index contributed by atoms with van der Waals surface area (Å²) in [5.41, 5.74) is 0.126. The maximum Gasteiger partial charge on any atom is 0.306 e. The third-order valence-electron chi connectivity index (χ3n) is 4.14. The summed E-state index contributed by atoms with van der Waals surface area (Å²) in [6, 6.07) is 0. The van der Waals surface area contributed by atoms with Crippen molar-refractivity contribution in [3.05, 3.63) is 0 Å². The minimum absolute atomic E-state index is 0.126. The number of rotatable bonds is 3. The van der Waals surface area contributed by atoms with E-state index in [-0.39, 0.29) is 17.6 Å². The van der Waals surface area contributed by atoms with Crippen LogP contribution < -0.4 is 0 Å². The molecule has 0 bridgehead atoms. The number of aliphatic carboxylic acids is 1. The van der Waals surface area contributed by atoms with Crippen molar-refractivity contribution in [3.8, 4) is 0 Å². The third-order valence-corrected chi connectivity index (χ3v) is 4.14. The molecule has 3 heteroatoms. The number of hydrogen-bond acceptors (Lipinski definition) is 2. The zero-order valence-electron chi connectivity index (χ0n) is 10.1. The molecule has 3 nitrogen and oxygen atoms in total. The van der Waals surface area contributed by atoms with Crippen LogP contribution in [0.1, 0.15) is 58.3 Å². The van der Waals surface area contributed by atoms with Gasteiger partial charge in [0, 0.05) is 0 Å². The van der Waals surface area contributed by atoms with Gasteiger partial charge in [0.25, 0.3) is 0 Å². The van der Waals surface area contributed by atoms with E-state index >= 15 is 0 Å². The van der Waals surface area contributed by atoms with E-state index in [4.69, 9.17) is 9.84 Å². The second kappa shape index (κ2) is 4.74. The first-order chi connectivity index (χ1) is 7.61. The van der Waals surface area contributed by atoms with E-state index in [1.807, 2.05) is 0 Å². The van der Waals surface area contributed by atoms with Crippen LogP contribution in [0.2, 0.25) is 0 Å². The summed E-state index contributed by atoms with van der Waals surface area (Å²) in [5.74, 6) is -0.975. The van der Waals surface area contributed by atoms with Gasteiger partial charge < -0.3 is 9.84 Å². The van der Waals surface area contributed by atoms with Crippen LogP contribution in [0.5, 0.6) is 0 Å². The Balaban J connectivity index is 1.85. The number of carbonyl (C=O) groups is 1. The van der Waals surface area contributed by atoms with E-state index < -0.39 is 5.97 Å². The maximum absolute atomic E-state index is 10.8. The molecule has 2 aliphatic rings. The Hall–Kier alpha value is -0.570. The first-order valence-corrected chi connectivity index (χ1v) is 6.52. The lowest BCUT2D eigenvalue weighted by Gasteiger charge is -2.33. The summed E-state index contributed by atoms with van der Waals surface area (Å²) in [6.45, 7) is 1.78. The van der Waals surface area contributed by atoms with Crippen molar-refractivity contribution in [3.63, 3.8) is 0 Å². The van der Waals surface area contributed by atoms with Crippen LogP contribution in [0.25, 0.3) is 0 Å². The summed E-state index contributed by atoms with van der Waals surface area (Å²) in [5, 5.41) is 8.89. The molecule has 2 unspecified atom stereocenters. The fourth-order valence-corrected chi connectivity index (χ4v) is 3.12. The second-order valence-electron chi connectivity index (χ2n) is 5.50. The van der Waals surface area contributed by atoms with Crippen LogP contribution in [-0.4, -0.2) is 22.8 Å². The molecule has 1 aliphatic heterocycles. The lowest BCUT2D eigenvalue weighted by atomic mass is 9.83. The van der Waals surface area contributed by atoms with Crippen molar-refractivity contribution in [1.82, 2.24) is 0 Å². The predicted octanol–water partition coefficient (Wildman–Crippen LogP) is 2.98. The van der Waals surface area contributed by atoms with Gasteiger partial charge in [-0.15, -0.1) is 0 Å². The van der Waals surface area contributed by atoms with Gasteiger partial charge in [-0.3, -0.25) is 4.79 Å². The van der Waals surface area contributed by atoms with Crippen LogP contribution in [0, 0.1) is 5.92 Å². The van der Waals surface area contributed by atoms with Gasteiger partial charge in [-0.25, -0.2) is 0 Å². The molecule has 0 aromatic heterocycles. The van der Waals surface area contributed by atoms with Crippen molar-refractivity contribution in [2.75, 3.05) is 0 Å². The molecule has 1 heterocycles. The Labute approximate surface area is 97.2 Å². The molecular formula is C13H22O3. The summed E-state index contributed by atoms with van der Waals surface area (Å²) in [4.78, 5) is 10.8. The van der Waals surface area contributed by atoms with Crippen LogP contribution >= 0.6 is 0 Å². The molecule has 0 aromatic rings. The molecule has 16 heavy (non-hydrogen) atoms. The van der Waals surface area contributed by atoms with Crippen LogP contribution in [0.15, 0.2) is 0 Å². The molecular weight excluding hydrogens is 204 g/mol. The van der Waals surface area contributed by atoms with Gasteiger partial charge >= 0.3 is 5.97 Å². The van der Waals surface area contributed by atoms with E-state index in [0.29, 0.717) is 6.42 Å². The molecule has 0 radical (unpaired) electrons. The first-order valence-electron chi connectivity index (χ1n) is 6.52. The highest BCUT2D eigenvalue weighted by Crippen LogP contribution is 2.43. The molecule has 0 aromatic carbocycles. The summed E-state index contributed by atoms with van der Waals surface area (Å²) in [6.07, 6.45) is 9.32. The summed E-state index contributed by atoms with van der Waals surface area (Å²) < 4.78 is 6.15. The molecule has 1 saturated heterocycles. The molecule has 1 spiro atoms. The highest BCUT2D eigenvalue weighted by molar-refractivity contribution is 5.69. The van der Waals surface area contributed by atoms with Gasteiger partial charge in [0.15, 0.2) is 0 Å². The highest BCUT2D eigenvalue weighted by atomic mass is 16.5. The second-order valence-corrected chi connectivity index (χ2v) is 5.50. The molecule has 92 valence electrons. The zero-order valence-corrected chi connectivity index (χ0v) is 10.1. The Morgan fingerprint density at radius 1 is 1.38 bits per heavy atom. The van der Waals surface area contributed by atoms with Crippen molar-refractivity contribution in [2.45, 2.75) is 70.0 Å². The van der Waals surface area contributed by atoms with Crippen molar-refractivity contribution < 1.29 is 14.6 Å². The normalized spacial score (nSPS) is 30.4. The van der Waals surface area contributed by atoms with Gasteiger partial charge in [-0.1, -0.05) is 26.2 Å². The number of hydrogen-bond donors (Lipinski definition) is 1. The van der Waals surface area contributed by atoms with Gasteiger partial charge in [0.05, 0.1) is 17.6 Å². The van der Waals surface area contributed by atoms with Crippen molar-refractivity contribution in [1.29, 1.82) is 0 Å². The van der Waals surface area contributed by atoms with E-state index in [9.17, 15) is 4.79 Å². The van der Waals surface area contributed by atoms with E-state index in [2.05, 4.69) is 0 Å². The Bertz CT molecular complexity index is 256. The Morgan fingerprint density at radius 3 is 2.69 bits per heavy atom. The smallest absolute Gasteiger partial charge is 0.306 e. The van der Waals surface area contributed by atoms with Crippen molar-refractivity contribution >= 4 is 5.97 Å². The molecule has 2 rings (SSSR count). The number of carboxylic acids is 1. The number of carboxylic acid groups (broad SMARTS) is 1. The summed E-state index contributed by atoms with van der Waals surface area (Å²) in [7, 11) is 0.